The molecule has 0 aliphatic heterocycles. The average Bonchev–Trinajstić information content (AvgIpc) is 2.14. The Morgan fingerprint density at radius 3 is 2.67 bits per heavy atom. The molecule has 0 N–H and O–H groups in total. The molecule has 0 unspecified atom stereocenters. The van der Waals surface area contributed by atoms with Gasteiger partial charge >= 0.3 is 0 Å². The summed E-state index contributed by atoms with van der Waals surface area (Å²) in [5.41, 5.74) is 4.01. The normalized spacial score (nSPS) is 7.92. The van der Waals surface area contributed by atoms with Crippen molar-refractivity contribution in [3.8, 4) is 6.07 Å². The van der Waals surface area contributed by atoms with E-state index in [1.54, 1.807) is 0 Å². The monoisotopic (exact) mass is 155 g/mol. The number of nitrogens with zero attached hydrogens (tertiary/aromatic N) is 1. The summed E-state index contributed by atoms with van der Waals surface area (Å²) in [4.78, 5) is 0. The Bertz CT molecular complexity index is 324. The SMILES string of the molecule is N#CC=C=CCc1ccccc1. The molecule has 1 rings (SSSR count). The summed E-state index contributed by atoms with van der Waals surface area (Å²) in [6, 6.07) is 12.0. The quantitative estimate of drug-likeness (QED) is 0.475. The molecule has 0 bridgehead atoms. The fourth-order valence-electron chi connectivity index (χ4n) is 0.887. The van der Waals surface area contributed by atoms with E-state index < -0.39 is 0 Å². The number of allylic oxidation sites excluding steroid dienone is 1. The summed E-state index contributed by atoms with van der Waals surface area (Å²) in [6.07, 6.45) is 4.03. The molecule has 0 radical (unpaired) electrons. The first-order valence-corrected chi connectivity index (χ1v) is 3.76. The maximum atomic E-state index is 8.18. The molecule has 0 saturated carbocycles. The lowest BCUT2D eigenvalue weighted by Gasteiger charge is -1.91. The summed E-state index contributed by atoms with van der Waals surface area (Å²) in [7, 11) is 0. The fraction of sp³-hybridized carbons (Fsp3) is 0.0909. The van der Waals surface area contributed by atoms with E-state index in [2.05, 4.69) is 5.73 Å². The van der Waals surface area contributed by atoms with Crippen molar-refractivity contribution >= 4 is 0 Å². The van der Waals surface area contributed by atoms with Gasteiger partial charge in [0.15, 0.2) is 0 Å². The van der Waals surface area contributed by atoms with Crippen molar-refractivity contribution in [2.45, 2.75) is 6.42 Å². The minimum atomic E-state index is 0.832. The second-order valence-electron chi connectivity index (χ2n) is 2.33. The summed E-state index contributed by atoms with van der Waals surface area (Å²) in [6.45, 7) is 0. The van der Waals surface area contributed by atoms with Crippen LogP contribution >= 0.6 is 0 Å². The summed E-state index contributed by atoms with van der Waals surface area (Å²) in [5.74, 6) is 0. The van der Waals surface area contributed by atoms with Crippen LogP contribution in [0.15, 0.2) is 48.2 Å². The van der Waals surface area contributed by atoms with E-state index in [4.69, 9.17) is 5.26 Å². The van der Waals surface area contributed by atoms with Gasteiger partial charge in [-0.3, -0.25) is 0 Å². The molecule has 1 aromatic carbocycles. The third kappa shape index (κ3) is 2.88. The van der Waals surface area contributed by atoms with Gasteiger partial charge in [-0.2, -0.15) is 5.26 Å². The van der Waals surface area contributed by atoms with E-state index in [0.29, 0.717) is 0 Å². The zero-order chi connectivity index (χ0) is 8.65. The molecule has 58 valence electrons. The second kappa shape index (κ2) is 4.96. The number of nitriles is 1. The molecule has 0 saturated heterocycles. The minimum absolute atomic E-state index is 0.832. The van der Waals surface area contributed by atoms with Crippen molar-refractivity contribution in [2.75, 3.05) is 0 Å². The predicted octanol–water partition coefficient (Wildman–Crippen LogP) is 2.46. The fourth-order valence-corrected chi connectivity index (χ4v) is 0.887. The third-order valence-corrected chi connectivity index (χ3v) is 1.45. The van der Waals surface area contributed by atoms with Gasteiger partial charge in [-0.15, -0.1) is 5.73 Å². The average molecular weight is 155 g/mol. The van der Waals surface area contributed by atoms with Crippen LogP contribution < -0.4 is 0 Å². The highest BCUT2D eigenvalue weighted by molar-refractivity contribution is 5.17. The lowest BCUT2D eigenvalue weighted by Crippen LogP contribution is -1.76. The molecule has 0 aromatic heterocycles. The van der Waals surface area contributed by atoms with Crippen LogP contribution in [0, 0.1) is 11.3 Å². The molecule has 0 spiro atoms. The van der Waals surface area contributed by atoms with Crippen molar-refractivity contribution in [3.63, 3.8) is 0 Å². The van der Waals surface area contributed by atoms with Crippen LogP contribution in [0.4, 0.5) is 0 Å². The van der Waals surface area contributed by atoms with Crippen molar-refractivity contribution < 1.29 is 0 Å². The van der Waals surface area contributed by atoms with Crippen LogP contribution in [0.3, 0.4) is 0 Å². The zero-order valence-electron chi connectivity index (χ0n) is 6.70. The first-order valence-electron chi connectivity index (χ1n) is 3.76. The molecule has 1 aromatic rings. The smallest absolute Gasteiger partial charge is 0.0996 e. The largest absolute Gasteiger partial charge is 0.192 e. The number of rotatable bonds is 2. The van der Waals surface area contributed by atoms with Gasteiger partial charge in [-0.05, 0) is 18.1 Å². The summed E-state index contributed by atoms with van der Waals surface area (Å²) in [5, 5.41) is 8.18. The van der Waals surface area contributed by atoms with Crippen LogP contribution in [-0.4, -0.2) is 0 Å². The van der Waals surface area contributed by atoms with Crippen LogP contribution in [0.5, 0.6) is 0 Å². The highest BCUT2D eigenvalue weighted by Crippen LogP contribution is 1.98. The van der Waals surface area contributed by atoms with E-state index in [1.807, 2.05) is 42.5 Å². The van der Waals surface area contributed by atoms with E-state index >= 15 is 0 Å². The van der Waals surface area contributed by atoms with Gasteiger partial charge in [0.1, 0.15) is 0 Å². The van der Waals surface area contributed by atoms with Crippen LogP contribution in [0.25, 0.3) is 0 Å². The number of hydrogen-bond donors (Lipinski definition) is 0. The Morgan fingerprint density at radius 2 is 2.00 bits per heavy atom. The zero-order valence-corrected chi connectivity index (χ0v) is 6.70. The minimum Gasteiger partial charge on any atom is -0.192 e. The first kappa shape index (κ1) is 8.33. The molecule has 1 nitrogen and oxygen atoms in total. The lowest BCUT2D eigenvalue weighted by molar-refractivity contribution is 1.27. The molecule has 1 heteroatoms. The van der Waals surface area contributed by atoms with Crippen molar-refractivity contribution in [2.24, 2.45) is 0 Å². The molecule has 0 amide bonds. The lowest BCUT2D eigenvalue weighted by atomic mass is 10.1. The Hall–Kier alpha value is -1.77. The standard InChI is InChI=1S/C11H9N/c12-10-6-2-5-9-11-7-3-1-4-8-11/h1,3-8H,9H2. The van der Waals surface area contributed by atoms with E-state index in [9.17, 15) is 0 Å². The summed E-state index contributed by atoms with van der Waals surface area (Å²) < 4.78 is 0. The van der Waals surface area contributed by atoms with Crippen LogP contribution in [0.2, 0.25) is 0 Å². The summed E-state index contributed by atoms with van der Waals surface area (Å²) >= 11 is 0. The van der Waals surface area contributed by atoms with E-state index in [1.165, 1.54) is 11.6 Å². The molecule has 0 aliphatic carbocycles. The van der Waals surface area contributed by atoms with E-state index in [-0.39, 0.29) is 0 Å². The Balaban J connectivity index is 2.56. The molecule has 12 heavy (non-hydrogen) atoms. The Labute approximate surface area is 72.3 Å². The Kier molecular flexibility index (Phi) is 3.44. The molecule has 0 aliphatic rings. The predicted molar refractivity (Wildman–Crippen MR) is 48.4 cm³/mol. The van der Waals surface area contributed by atoms with Crippen molar-refractivity contribution in [1.29, 1.82) is 5.26 Å². The van der Waals surface area contributed by atoms with Gasteiger partial charge in [-0.25, -0.2) is 0 Å². The van der Waals surface area contributed by atoms with Gasteiger partial charge < -0.3 is 0 Å². The van der Waals surface area contributed by atoms with Crippen LogP contribution in [0.1, 0.15) is 5.56 Å². The highest BCUT2D eigenvalue weighted by Gasteiger charge is 1.83. The number of benzene rings is 1. The number of hydrogen-bond acceptors (Lipinski definition) is 1. The van der Waals surface area contributed by atoms with Gasteiger partial charge in [-0.1, -0.05) is 30.3 Å². The van der Waals surface area contributed by atoms with Gasteiger partial charge in [0, 0.05) is 0 Å². The van der Waals surface area contributed by atoms with Crippen LogP contribution in [-0.2, 0) is 6.42 Å². The molecule has 0 fully saturated rings. The van der Waals surface area contributed by atoms with Gasteiger partial charge in [0.2, 0.25) is 0 Å². The van der Waals surface area contributed by atoms with Crippen molar-refractivity contribution in [1.82, 2.24) is 0 Å². The van der Waals surface area contributed by atoms with Crippen molar-refractivity contribution in [3.05, 3.63) is 53.8 Å². The molecular formula is C11H9N. The topological polar surface area (TPSA) is 23.8 Å². The maximum Gasteiger partial charge on any atom is 0.0996 e. The first-order chi connectivity index (χ1) is 5.93. The van der Waals surface area contributed by atoms with E-state index in [0.717, 1.165) is 6.42 Å². The van der Waals surface area contributed by atoms with Gasteiger partial charge in [0.25, 0.3) is 0 Å². The second-order valence-corrected chi connectivity index (χ2v) is 2.33. The maximum absolute atomic E-state index is 8.18. The molecule has 0 atom stereocenters. The van der Waals surface area contributed by atoms with Gasteiger partial charge in [0.05, 0.1) is 12.1 Å². The highest BCUT2D eigenvalue weighted by atomic mass is 14.2. The Morgan fingerprint density at radius 1 is 1.25 bits per heavy atom. The molecule has 0 heterocycles. The third-order valence-electron chi connectivity index (χ3n) is 1.45. The molecular weight excluding hydrogens is 146 g/mol.